The van der Waals surface area contributed by atoms with E-state index >= 15 is 0 Å². The average Bonchev–Trinajstić information content (AvgIpc) is 3.10. The van der Waals surface area contributed by atoms with Crippen LogP contribution in [0.5, 0.6) is 0 Å². The fourth-order valence-corrected chi connectivity index (χ4v) is 3.73. The van der Waals surface area contributed by atoms with Gasteiger partial charge in [0, 0.05) is 25.2 Å². The lowest BCUT2D eigenvalue weighted by atomic mass is 9.84. The fraction of sp³-hybridized carbons (Fsp3) is 0.412. The van der Waals surface area contributed by atoms with Crippen LogP contribution in [0.1, 0.15) is 37.1 Å². The maximum Gasteiger partial charge on any atom is 0.280 e. The number of halogens is 3. The van der Waals surface area contributed by atoms with E-state index in [9.17, 15) is 8.78 Å². The molecule has 2 atom stereocenters. The van der Waals surface area contributed by atoms with E-state index in [2.05, 4.69) is 31.9 Å². The van der Waals surface area contributed by atoms with Crippen molar-refractivity contribution in [2.24, 2.45) is 5.92 Å². The third-order valence-electron chi connectivity index (χ3n) is 4.90. The van der Waals surface area contributed by atoms with Crippen molar-refractivity contribution in [2.45, 2.75) is 25.7 Å². The Labute approximate surface area is 153 Å². The molecule has 3 aromatic heterocycles. The van der Waals surface area contributed by atoms with Gasteiger partial charge in [-0.3, -0.25) is 0 Å². The van der Waals surface area contributed by atoms with Gasteiger partial charge in [-0.15, -0.1) is 0 Å². The number of fused-ring (bicyclic) bond motifs is 1. The molecule has 0 amide bonds. The van der Waals surface area contributed by atoms with Crippen molar-refractivity contribution in [3.05, 3.63) is 47.1 Å². The summed E-state index contributed by atoms with van der Waals surface area (Å²) in [6.07, 6.45) is 1.27. The van der Waals surface area contributed by atoms with Crippen molar-refractivity contribution in [3.63, 3.8) is 0 Å². The summed E-state index contributed by atoms with van der Waals surface area (Å²) in [7, 11) is 0. The first-order valence-corrected chi connectivity index (χ1v) is 8.76. The largest absolute Gasteiger partial charge is 0.355 e. The van der Waals surface area contributed by atoms with Crippen molar-refractivity contribution >= 4 is 23.2 Å². The predicted octanol–water partition coefficient (Wildman–Crippen LogP) is 3.74. The number of alkyl halides is 2. The minimum absolute atomic E-state index is 0.0217. The first-order valence-electron chi connectivity index (χ1n) is 8.38. The molecule has 0 aliphatic carbocycles. The molecule has 1 aliphatic heterocycles. The van der Waals surface area contributed by atoms with E-state index in [0.29, 0.717) is 23.1 Å². The molecule has 26 heavy (non-hydrogen) atoms. The molecule has 6 nitrogen and oxygen atoms in total. The Morgan fingerprint density at radius 1 is 1.31 bits per heavy atom. The van der Waals surface area contributed by atoms with Crippen LogP contribution in [0.15, 0.2) is 30.7 Å². The second-order valence-corrected chi connectivity index (χ2v) is 6.91. The molecule has 0 aromatic carbocycles. The standard InChI is InChI=1S/C17H17ClF2N6/c1-10-4-6-25(16-12(18)3-2-5-21-16)8-11(10)14-7-13(15(19)20)24-17-22-9-23-26(14)17/h2-3,5,7,9-11,15H,4,6,8H2,1H3/t10-,11?/m1/s1. The first-order chi connectivity index (χ1) is 12.5. The quantitative estimate of drug-likeness (QED) is 0.694. The summed E-state index contributed by atoms with van der Waals surface area (Å²) < 4.78 is 28.1. The highest BCUT2D eigenvalue weighted by Gasteiger charge is 2.32. The molecule has 1 aliphatic rings. The van der Waals surface area contributed by atoms with Gasteiger partial charge < -0.3 is 4.90 Å². The first kappa shape index (κ1) is 17.1. The van der Waals surface area contributed by atoms with E-state index in [-0.39, 0.29) is 23.3 Å². The number of piperidine rings is 1. The highest BCUT2D eigenvalue weighted by atomic mass is 35.5. The highest BCUT2D eigenvalue weighted by molar-refractivity contribution is 6.32. The van der Waals surface area contributed by atoms with E-state index in [0.717, 1.165) is 13.0 Å². The van der Waals surface area contributed by atoms with Gasteiger partial charge in [0.05, 0.1) is 10.7 Å². The topological polar surface area (TPSA) is 59.2 Å². The molecule has 1 unspecified atom stereocenters. The molecule has 1 fully saturated rings. The molecule has 0 N–H and O–H groups in total. The van der Waals surface area contributed by atoms with E-state index in [4.69, 9.17) is 11.6 Å². The minimum atomic E-state index is -2.66. The maximum absolute atomic E-state index is 13.3. The average molecular weight is 379 g/mol. The second kappa shape index (κ2) is 6.75. The van der Waals surface area contributed by atoms with Gasteiger partial charge in [-0.1, -0.05) is 18.5 Å². The third-order valence-corrected chi connectivity index (χ3v) is 5.19. The van der Waals surface area contributed by atoms with Gasteiger partial charge in [0.2, 0.25) is 0 Å². The lowest BCUT2D eigenvalue weighted by Gasteiger charge is -2.38. The number of hydrogen-bond donors (Lipinski definition) is 0. The molecule has 9 heteroatoms. The Bertz CT molecular complexity index is 931. The molecule has 1 saturated heterocycles. The molecular formula is C17H17ClF2N6. The van der Waals surface area contributed by atoms with Gasteiger partial charge in [-0.05, 0) is 30.5 Å². The van der Waals surface area contributed by atoms with Gasteiger partial charge in [-0.2, -0.15) is 10.1 Å². The van der Waals surface area contributed by atoms with Crippen LogP contribution in [0.4, 0.5) is 14.6 Å². The van der Waals surface area contributed by atoms with Crippen molar-refractivity contribution in [2.75, 3.05) is 18.0 Å². The Hall–Kier alpha value is -2.35. The molecule has 4 heterocycles. The number of pyridine rings is 1. The monoisotopic (exact) mass is 378 g/mol. The van der Waals surface area contributed by atoms with Crippen molar-refractivity contribution in [1.82, 2.24) is 24.6 Å². The number of rotatable bonds is 3. The van der Waals surface area contributed by atoms with Crippen molar-refractivity contribution in [1.29, 1.82) is 0 Å². The van der Waals surface area contributed by atoms with Crippen LogP contribution in [-0.4, -0.2) is 37.7 Å². The van der Waals surface area contributed by atoms with E-state index < -0.39 is 6.43 Å². The van der Waals surface area contributed by atoms with Crippen LogP contribution < -0.4 is 4.90 Å². The fourth-order valence-electron chi connectivity index (χ4n) is 3.49. The molecule has 0 bridgehead atoms. The number of anilines is 1. The summed E-state index contributed by atoms with van der Waals surface area (Å²) in [5.41, 5.74) is 0.410. The third kappa shape index (κ3) is 2.98. The Kier molecular flexibility index (Phi) is 4.44. The zero-order valence-corrected chi connectivity index (χ0v) is 14.8. The normalized spacial score (nSPS) is 20.9. The van der Waals surface area contributed by atoms with Gasteiger partial charge >= 0.3 is 0 Å². The molecular weight excluding hydrogens is 362 g/mol. The molecule has 0 spiro atoms. The molecule has 136 valence electrons. The van der Waals surface area contributed by atoms with E-state index in [1.165, 1.54) is 12.4 Å². The molecule has 0 radical (unpaired) electrons. The SMILES string of the molecule is C[C@@H]1CCN(c2ncccc2Cl)CC1c1cc(C(F)F)nc2ncnn12. The van der Waals surface area contributed by atoms with Gasteiger partial charge in [0.25, 0.3) is 12.2 Å². The molecule has 0 saturated carbocycles. The van der Waals surface area contributed by atoms with Crippen LogP contribution in [0.3, 0.4) is 0 Å². The van der Waals surface area contributed by atoms with Crippen LogP contribution in [0.2, 0.25) is 5.02 Å². The van der Waals surface area contributed by atoms with Gasteiger partial charge in [-0.25, -0.2) is 23.3 Å². The lowest BCUT2D eigenvalue weighted by molar-refractivity contribution is 0.146. The Morgan fingerprint density at radius 3 is 2.92 bits per heavy atom. The van der Waals surface area contributed by atoms with Crippen LogP contribution in [0.25, 0.3) is 5.78 Å². The van der Waals surface area contributed by atoms with Crippen molar-refractivity contribution < 1.29 is 8.78 Å². The predicted molar refractivity (Wildman–Crippen MR) is 93.7 cm³/mol. The second-order valence-electron chi connectivity index (χ2n) is 6.51. The molecule has 4 rings (SSSR count). The smallest absolute Gasteiger partial charge is 0.280 e. The van der Waals surface area contributed by atoms with Crippen LogP contribution >= 0.6 is 11.6 Å². The van der Waals surface area contributed by atoms with Crippen LogP contribution in [-0.2, 0) is 0 Å². The summed E-state index contributed by atoms with van der Waals surface area (Å²) in [5, 5.41) is 4.76. The Balaban J connectivity index is 1.75. The molecule has 3 aromatic rings. The number of hydrogen-bond acceptors (Lipinski definition) is 5. The van der Waals surface area contributed by atoms with Crippen LogP contribution in [0, 0.1) is 5.92 Å². The summed E-state index contributed by atoms with van der Waals surface area (Å²) in [4.78, 5) is 14.4. The van der Waals surface area contributed by atoms with E-state index in [1.807, 2.05) is 0 Å². The summed E-state index contributed by atoms with van der Waals surface area (Å²) in [5.74, 6) is 1.17. The zero-order chi connectivity index (χ0) is 18.3. The summed E-state index contributed by atoms with van der Waals surface area (Å²) in [6.45, 7) is 3.54. The van der Waals surface area contributed by atoms with Gasteiger partial charge in [0.15, 0.2) is 0 Å². The van der Waals surface area contributed by atoms with E-state index in [1.54, 1.807) is 22.8 Å². The summed E-state index contributed by atoms with van der Waals surface area (Å²) in [6, 6.07) is 5.03. The maximum atomic E-state index is 13.3. The number of nitrogens with zero attached hydrogens (tertiary/aromatic N) is 6. The highest BCUT2D eigenvalue weighted by Crippen LogP contribution is 2.36. The Morgan fingerprint density at radius 2 is 2.15 bits per heavy atom. The zero-order valence-electron chi connectivity index (χ0n) is 14.1. The van der Waals surface area contributed by atoms with Crippen molar-refractivity contribution in [3.8, 4) is 0 Å². The number of aromatic nitrogens is 5. The summed E-state index contributed by atoms with van der Waals surface area (Å²) >= 11 is 6.29. The minimum Gasteiger partial charge on any atom is -0.355 e. The lowest BCUT2D eigenvalue weighted by Crippen LogP contribution is -2.39. The van der Waals surface area contributed by atoms with Gasteiger partial charge in [0.1, 0.15) is 17.8 Å².